The molecule has 0 spiro atoms. The molecule has 0 radical (unpaired) electrons. The van der Waals surface area contributed by atoms with Crippen LogP contribution in [0.1, 0.15) is 37.8 Å². The SMILES string of the molecule is Cc1ccccc1C1C(C(=O)c2ccccc2)=CN(CCN2CCNCC2)C=C1C(=O)c1ccccc1. The van der Waals surface area contributed by atoms with Gasteiger partial charge in [-0.1, -0.05) is 84.9 Å². The molecule has 5 nitrogen and oxygen atoms in total. The van der Waals surface area contributed by atoms with Gasteiger partial charge in [-0.2, -0.15) is 0 Å². The van der Waals surface area contributed by atoms with E-state index in [9.17, 15) is 9.59 Å². The second-order valence-electron chi connectivity index (χ2n) is 9.68. The molecule has 2 aliphatic rings. The Morgan fingerprint density at radius 1 is 0.730 bits per heavy atom. The maximum Gasteiger partial charge on any atom is 0.191 e. The van der Waals surface area contributed by atoms with Gasteiger partial charge in [0.15, 0.2) is 11.6 Å². The summed E-state index contributed by atoms with van der Waals surface area (Å²) in [7, 11) is 0. The van der Waals surface area contributed by atoms with Crippen molar-refractivity contribution in [3.63, 3.8) is 0 Å². The fourth-order valence-corrected chi connectivity index (χ4v) is 5.17. The van der Waals surface area contributed by atoms with Crippen molar-refractivity contribution in [2.75, 3.05) is 39.3 Å². The van der Waals surface area contributed by atoms with E-state index in [0.717, 1.165) is 43.9 Å². The first-order valence-electron chi connectivity index (χ1n) is 13.0. The minimum absolute atomic E-state index is 0.0486. The number of Topliss-reactive ketones (excluding diaryl/α,β-unsaturated/α-hetero) is 2. The molecule has 5 heteroatoms. The summed E-state index contributed by atoms with van der Waals surface area (Å²) in [4.78, 5) is 32.5. The lowest BCUT2D eigenvalue weighted by Crippen LogP contribution is -2.45. The second-order valence-corrected chi connectivity index (χ2v) is 9.68. The van der Waals surface area contributed by atoms with Gasteiger partial charge in [0, 0.05) is 79.9 Å². The maximum absolute atomic E-state index is 14.0. The number of allylic oxidation sites excluding steroid dienone is 2. The summed E-state index contributed by atoms with van der Waals surface area (Å²) >= 11 is 0. The maximum atomic E-state index is 14.0. The average molecular weight is 492 g/mol. The molecule has 188 valence electrons. The Morgan fingerprint density at radius 2 is 1.24 bits per heavy atom. The number of carbonyl (C=O) groups is 2. The number of benzene rings is 3. The van der Waals surface area contributed by atoms with E-state index in [-0.39, 0.29) is 11.6 Å². The highest BCUT2D eigenvalue weighted by atomic mass is 16.1. The van der Waals surface area contributed by atoms with E-state index in [4.69, 9.17) is 0 Å². The molecule has 0 saturated carbocycles. The van der Waals surface area contributed by atoms with Gasteiger partial charge in [0.05, 0.1) is 0 Å². The fourth-order valence-electron chi connectivity index (χ4n) is 5.17. The number of ketones is 2. The van der Waals surface area contributed by atoms with Crippen molar-refractivity contribution in [1.29, 1.82) is 0 Å². The average Bonchev–Trinajstić information content (AvgIpc) is 2.96. The lowest BCUT2D eigenvalue weighted by molar-refractivity contribution is 0.101. The van der Waals surface area contributed by atoms with Crippen LogP contribution in [0.3, 0.4) is 0 Å². The molecular formula is C32H33N3O2. The van der Waals surface area contributed by atoms with Gasteiger partial charge in [0.1, 0.15) is 0 Å². The van der Waals surface area contributed by atoms with Gasteiger partial charge in [-0.3, -0.25) is 14.5 Å². The highest BCUT2D eigenvalue weighted by molar-refractivity contribution is 6.15. The van der Waals surface area contributed by atoms with Crippen LogP contribution in [0.25, 0.3) is 0 Å². The number of carbonyl (C=O) groups excluding carboxylic acids is 2. The number of piperazine rings is 1. The summed E-state index contributed by atoms with van der Waals surface area (Å²) in [5.74, 6) is -0.544. The zero-order chi connectivity index (χ0) is 25.6. The van der Waals surface area contributed by atoms with E-state index in [1.54, 1.807) is 0 Å². The second kappa shape index (κ2) is 11.5. The summed E-state index contributed by atoms with van der Waals surface area (Å²) in [6.45, 7) is 7.58. The number of rotatable bonds is 8. The van der Waals surface area contributed by atoms with Gasteiger partial charge in [0.2, 0.25) is 0 Å². The van der Waals surface area contributed by atoms with Crippen LogP contribution in [0.4, 0.5) is 0 Å². The quantitative estimate of drug-likeness (QED) is 0.458. The summed E-state index contributed by atoms with van der Waals surface area (Å²) in [5.41, 5.74) is 4.55. The standard InChI is InChI=1S/C32H33N3O2/c1-24-10-8-9-15-27(24)30-28(31(36)25-11-4-2-5-12-25)22-35(21-20-34-18-16-33-17-19-34)23-29(30)32(37)26-13-6-3-7-14-26/h2-15,22-23,30,33H,16-21H2,1H3. The van der Waals surface area contributed by atoms with E-state index in [1.165, 1.54) is 0 Å². The molecular weight excluding hydrogens is 458 g/mol. The summed E-state index contributed by atoms with van der Waals surface area (Å²) < 4.78 is 0. The highest BCUT2D eigenvalue weighted by Crippen LogP contribution is 2.40. The number of nitrogens with one attached hydrogen (secondary N) is 1. The first-order valence-corrected chi connectivity index (χ1v) is 13.0. The van der Waals surface area contributed by atoms with Crippen LogP contribution in [0, 0.1) is 6.92 Å². The largest absolute Gasteiger partial charge is 0.352 e. The monoisotopic (exact) mass is 491 g/mol. The Morgan fingerprint density at radius 3 is 1.78 bits per heavy atom. The minimum Gasteiger partial charge on any atom is -0.352 e. The Hall–Kier alpha value is -3.80. The zero-order valence-corrected chi connectivity index (χ0v) is 21.3. The fraction of sp³-hybridized carbons (Fsp3) is 0.250. The third-order valence-electron chi connectivity index (χ3n) is 7.21. The van der Waals surface area contributed by atoms with Crippen molar-refractivity contribution in [2.24, 2.45) is 0 Å². The lowest BCUT2D eigenvalue weighted by Gasteiger charge is -2.34. The summed E-state index contributed by atoms with van der Waals surface area (Å²) in [5, 5.41) is 3.39. The van der Waals surface area contributed by atoms with Crippen LogP contribution in [0.5, 0.6) is 0 Å². The molecule has 1 fully saturated rings. The summed E-state index contributed by atoms with van der Waals surface area (Å²) in [6.07, 6.45) is 3.94. The summed E-state index contributed by atoms with van der Waals surface area (Å²) in [6, 6.07) is 26.8. The van der Waals surface area contributed by atoms with Crippen molar-refractivity contribution >= 4 is 11.6 Å². The smallest absolute Gasteiger partial charge is 0.191 e. The van der Waals surface area contributed by atoms with Gasteiger partial charge in [-0.15, -0.1) is 0 Å². The molecule has 3 aromatic rings. The van der Waals surface area contributed by atoms with Crippen molar-refractivity contribution in [3.8, 4) is 0 Å². The van der Waals surface area contributed by atoms with E-state index >= 15 is 0 Å². The van der Waals surface area contributed by atoms with Crippen LogP contribution < -0.4 is 5.32 Å². The van der Waals surface area contributed by atoms with Crippen LogP contribution in [-0.2, 0) is 0 Å². The predicted octanol–water partition coefficient (Wildman–Crippen LogP) is 4.83. The highest BCUT2D eigenvalue weighted by Gasteiger charge is 2.35. The van der Waals surface area contributed by atoms with E-state index in [0.29, 0.717) is 28.8 Å². The third kappa shape index (κ3) is 5.63. The van der Waals surface area contributed by atoms with Gasteiger partial charge < -0.3 is 10.2 Å². The molecule has 1 saturated heterocycles. The third-order valence-corrected chi connectivity index (χ3v) is 7.21. The molecule has 0 bridgehead atoms. The number of hydrogen-bond donors (Lipinski definition) is 1. The molecule has 0 amide bonds. The van der Waals surface area contributed by atoms with Crippen LogP contribution in [0.15, 0.2) is 108 Å². The first-order chi connectivity index (χ1) is 18.1. The van der Waals surface area contributed by atoms with Gasteiger partial charge in [-0.25, -0.2) is 0 Å². The molecule has 2 aliphatic heterocycles. The molecule has 5 rings (SSSR count). The normalized spacial score (nSPS) is 16.7. The van der Waals surface area contributed by atoms with Crippen LogP contribution in [-0.4, -0.2) is 60.6 Å². The molecule has 3 aromatic carbocycles. The van der Waals surface area contributed by atoms with Crippen LogP contribution >= 0.6 is 0 Å². The molecule has 37 heavy (non-hydrogen) atoms. The zero-order valence-electron chi connectivity index (χ0n) is 21.3. The van der Waals surface area contributed by atoms with E-state index in [1.807, 2.05) is 109 Å². The molecule has 0 atom stereocenters. The Bertz CT molecular complexity index is 1240. The number of nitrogens with zero attached hydrogens (tertiary/aromatic N) is 2. The Balaban J connectivity index is 1.59. The predicted molar refractivity (Wildman–Crippen MR) is 148 cm³/mol. The van der Waals surface area contributed by atoms with Gasteiger partial charge in [-0.05, 0) is 18.1 Å². The number of aryl methyl sites for hydroxylation is 1. The molecule has 2 heterocycles. The molecule has 0 unspecified atom stereocenters. The van der Waals surface area contributed by atoms with Crippen molar-refractivity contribution in [1.82, 2.24) is 15.1 Å². The van der Waals surface area contributed by atoms with Gasteiger partial charge in [0.25, 0.3) is 0 Å². The minimum atomic E-state index is -0.447. The van der Waals surface area contributed by atoms with Crippen molar-refractivity contribution in [2.45, 2.75) is 12.8 Å². The van der Waals surface area contributed by atoms with Crippen molar-refractivity contribution < 1.29 is 9.59 Å². The lowest BCUT2D eigenvalue weighted by atomic mass is 9.76. The van der Waals surface area contributed by atoms with Gasteiger partial charge >= 0.3 is 0 Å². The molecule has 1 N–H and O–H groups in total. The first kappa shape index (κ1) is 24.9. The van der Waals surface area contributed by atoms with Crippen LogP contribution in [0.2, 0.25) is 0 Å². The Labute approximate surface area is 219 Å². The van der Waals surface area contributed by atoms with E-state index in [2.05, 4.69) is 10.2 Å². The Kier molecular flexibility index (Phi) is 7.73. The molecule has 0 aromatic heterocycles. The topological polar surface area (TPSA) is 52.7 Å². The van der Waals surface area contributed by atoms with Crippen molar-refractivity contribution in [3.05, 3.63) is 131 Å². The number of hydrogen-bond acceptors (Lipinski definition) is 5. The molecule has 0 aliphatic carbocycles. The van der Waals surface area contributed by atoms with E-state index < -0.39 is 5.92 Å².